The van der Waals surface area contributed by atoms with Crippen molar-refractivity contribution in [2.75, 3.05) is 14.2 Å². The lowest BCUT2D eigenvalue weighted by Crippen LogP contribution is -2.24. The van der Waals surface area contributed by atoms with Gasteiger partial charge >= 0.3 is 5.97 Å². The van der Waals surface area contributed by atoms with E-state index in [9.17, 15) is 4.79 Å². The summed E-state index contributed by atoms with van der Waals surface area (Å²) in [5.41, 5.74) is 1.93. The zero-order chi connectivity index (χ0) is 12.7. The second-order valence-electron chi connectivity index (χ2n) is 4.37. The van der Waals surface area contributed by atoms with Gasteiger partial charge in [0.1, 0.15) is 6.10 Å². The fourth-order valence-corrected chi connectivity index (χ4v) is 2.47. The van der Waals surface area contributed by atoms with Crippen LogP contribution < -0.4 is 9.47 Å². The molecule has 0 saturated carbocycles. The Kier molecular flexibility index (Phi) is 2.63. The normalized spacial score (nSPS) is 25.1. The Morgan fingerprint density at radius 1 is 1.22 bits per heavy atom. The SMILES string of the molecule is COc1cc2c(cc1OC)[C@@H]1OC(=O)C[C@@H]1OC2. The number of hydrogen-bond donors (Lipinski definition) is 0. The van der Waals surface area contributed by atoms with Gasteiger partial charge in [0.2, 0.25) is 0 Å². The van der Waals surface area contributed by atoms with Crippen molar-refractivity contribution in [3.8, 4) is 11.5 Å². The number of methoxy groups -OCH3 is 2. The summed E-state index contributed by atoms with van der Waals surface area (Å²) in [6.07, 6.45) is -0.178. The van der Waals surface area contributed by atoms with Crippen LogP contribution in [0.4, 0.5) is 0 Å². The molecule has 0 aromatic heterocycles. The Morgan fingerprint density at radius 2 is 1.94 bits per heavy atom. The molecule has 2 aliphatic heterocycles. The van der Waals surface area contributed by atoms with E-state index in [0.29, 0.717) is 24.5 Å². The van der Waals surface area contributed by atoms with E-state index in [1.54, 1.807) is 14.2 Å². The van der Waals surface area contributed by atoms with Gasteiger partial charge in [-0.05, 0) is 17.7 Å². The highest BCUT2D eigenvalue weighted by Gasteiger charge is 2.41. The van der Waals surface area contributed by atoms with Crippen molar-refractivity contribution in [1.82, 2.24) is 0 Å². The predicted octanol–water partition coefficient (Wildman–Crippen LogP) is 1.59. The van der Waals surface area contributed by atoms with Crippen LogP contribution >= 0.6 is 0 Å². The lowest BCUT2D eigenvalue weighted by atomic mass is 9.95. The lowest BCUT2D eigenvalue weighted by molar-refractivity contribution is -0.142. The topological polar surface area (TPSA) is 54.0 Å². The summed E-state index contributed by atoms with van der Waals surface area (Å²) in [7, 11) is 3.17. The van der Waals surface area contributed by atoms with Crippen molar-refractivity contribution in [3.63, 3.8) is 0 Å². The molecule has 0 amide bonds. The molecule has 96 valence electrons. The third-order valence-electron chi connectivity index (χ3n) is 3.37. The first-order valence-corrected chi connectivity index (χ1v) is 5.79. The van der Waals surface area contributed by atoms with Gasteiger partial charge in [0, 0.05) is 5.56 Å². The first kappa shape index (κ1) is 11.3. The number of rotatable bonds is 2. The number of carbonyl (C=O) groups is 1. The minimum absolute atomic E-state index is 0.178. The van der Waals surface area contributed by atoms with Gasteiger partial charge in [-0.3, -0.25) is 4.79 Å². The van der Waals surface area contributed by atoms with Crippen molar-refractivity contribution in [2.45, 2.75) is 25.2 Å². The Morgan fingerprint density at radius 3 is 2.67 bits per heavy atom. The summed E-state index contributed by atoms with van der Waals surface area (Å²) in [5, 5.41) is 0. The van der Waals surface area contributed by atoms with Crippen LogP contribution in [0.15, 0.2) is 12.1 Å². The molecule has 18 heavy (non-hydrogen) atoms. The molecule has 1 fully saturated rings. The molecule has 1 saturated heterocycles. The van der Waals surface area contributed by atoms with Gasteiger partial charge in [-0.2, -0.15) is 0 Å². The molecule has 0 spiro atoms. The van der Waals surface area contributed by atoms with Crippen LogP contribution in [0.1, 0.15) is 23.7 Å². The standard InChI is InChI=1S/C13H14O5/c1-15-9-3-7-6-17-11-5-12(14)18-13(11)8(7)4-10(9)16-2/h3-4,11,13H,5-6H2,1-2H3/t11-,13-/m0/s1. The molecule has 2 aliphatic rings. The van der Waals surface area contributed by atoms with Gasteiger partial charge in [-0.25, -0.2) is 0 Å². The van der Waals surface area contributed by atoms with Gasteiger partial charge in [-0.1, -0.05) is 0 Å². The highest BCUT2D eigenvalue weighted by molar-refractivity contribution is 5.73. The van der Waals surface area contributed by atoms with E-state index in [-0.39, 0.29) is 18.2 Å². The minimum atomic E-state index is -0.318. The van der Waals surface area contributed by atoms with E-state index in [1.807, 2.05) is 12.1 Å². The van der Waals surface area contributed by atoms with Crippen molar-refractivity contribution in [1.29, 1.82) is 0 Å². The van der Waals surface area contributed by atoms with E-state index >= 15 is 0 Å². The molecule has 1 aromatic rings. The van der Waals surface area contributed by atoms with Gasteiger partial charge in [-0.15, -0.1) is 0 Å². The van der Waals surface area contributed by atoms with Crippen LogP contribution in [0.25, 0.3) is 0 Å². The maximum absolute atomic E-state index is 11.3. The highest BCUT2D eigenvalue weighted by atomic mass is 16.6. The van der Waals surface area contributed by atoms with E-state index < -0.39 is 0 Å². The summed E-state index contributed by atoms with van der Waals surface area (Å²) in [6, 6.07) is 3.74. The summed E-state index contributed by atoms with van der Waals surface area (Å²) in [4.78, 5) is 11.3. The second kappa shape index (κ2) is 4.17. The van der Waals surface area contributed by atoms with Gasteiger partial charge < -0.3 is 18.9 Å². The molecular formula is C13H14O5. The monoisotopic (exact) mass is 250 g/mol. The Balaban J connectivity index is 2.06. The van der Waals surface area contributed by atoms with E-state index in [4.69, 9.17) is 18.9 Å². The molecule has 5 heteroatoms. The molecule has 0 N–H and O–H groups in total. The number of carbonyl (C=O) groups excluding carboxylic acids is 1. The highest BCUT2D eigenvalue weighted by Crippen LogP contribution is 2.42. The number of esters is 1. The van der Waals surface area contributed by atoms with Crippen LogP contribution in [-0.4, -0.2) is 26.3 Å². The van der Waals surface area contributed by atoms with Crippen LogP contribution in [0.3, 0.4) is 0 Å². The molecule has 0 bridgehead atoms. The summed E-state index contributed by atoms with van der Waals surface area (Å²) < 4.78 is 21.5. The quantitative estimate of drug-likeness (QED) is 0.746. The van der Waals surface area contributed by atoms with E-state index in [1.165, 1.54) is 0 Å². The van der Waals surface area contributed by atoms with Crippen LogP contribution in [0, 0.1) is 0 Å². The van der Waals surface area contributed by atoms with Crippen LogP contribution in [0.2, 0.25) is 0 Å². The molecule has 5 nitrogen and oxygen atoms in total. The first-order valence-electron chi connectivity index (χ1n) is 5.79. The number of benzene rings is 1. The third kappa shape index (κ3) is 1.62. The molecule has 1 aromatic carbocycles. The molecule has 0 unspecified atom stereocenters. The molecule has 0 radical (unpaired) electrons. The summed E-state index contributed by atoms with van der Waals surface area (Å²) >= 11 is 0. The van der Waals surface area contributed by atoms with Gasteiger partial charge in [0.05, 0.1) is 27.2 Å². The van der Waals surface area contributed by atoms with Crippen LogP contribution in [0.5, 0.6) is 11.5 Å². The number of ether oxygens (including phenoxy) is 4. The fourth-order valence-electron chi connectivity index (χ4n) is 2.47. The van der Waals surface area contributed by atoms with E-state index in [2.05, 4.69) is 0 Å². The number of hydrogen-bond acceptors (Lipinski definition) is 5. The second-order valence-corrected chi connectivity index (χ2v) is 4.37. The third-order valence-corrected chi connectivity index (χ3v) is 3.37. The number of fused-ring (bicyclic) bond motifs is 3. The Hall–Kier alpha value is -1.75. The van der Waals surface area contributed by atoms with E-state index in [0.717, 1.165) is 11.1 Å². The lowest BCUT2D eigenvalue weighted by Gasteiger charge is -2.27. The van der Waals surface area contributed by atoms with Crippen molar-refractivity contribution in [2.24, 2.45) is 0 Å². The van der Waals surface area contributed by atoms with Gasteiger partial charge in [0.25, 0.3) is 0 Å². The summed E-state index contributed by atoms with van der Waals surface area (Å²) in [6.45, 7) is 0.466. The molecule has 2 atom stereocenters. The zero-order valence-corrected chi connectivity index (χ0v) is 10.3. The molecule has 3 rings (SSSR count). The van der Waals surface area contributed by atoms with Crippen molar-refractivity contribution < 1.29 is 23.7 Å². The zero-order valence-electron chi connectivity index (χ0n) is 10.3. The fraction of sp³-hybridized carbons (Fsp3) is 0.462. The minimum Gasteiger partial charge on any atom is -0.493 e. The maximum Gasteiger partial charge on any atom is 0.309 e. The van der Waals surface area contributed by atoms with Crippen molar-refractivity contribution >= 4 is 5.97 Å². The van der Waals surface area contributed by atoms with Crippen LogP contribution in [-0.2, 0) is 20.9 Å². The smallest absolute Gasteiger partial charge is 0.309 e. The predicted molar refractivity (Wildman–Crippen MR) is 61.6 cm³/mol. The molecule has 2 heterocycles. The van der Waals surface area contributed by atoms with Gasteiger partial charge in [0.15, 0.2) is 17.6 Å². The Labute approximate surface area is 105 Å². The average Bonchev–Trinajstić information content (AvgIpc) is 2.77. The maximum atomic E-state index is 11.3. The Bertz CT molecular complexity index is 496. The first-order chi connectivity index (χ1) is 8.72. The average molecular weight is 250 g/mol. The summed E-state index contributed by atoms with van der Waals surface area (Å²) in [5.74, 6) is 1.08. The molecule has 0 aliphatic carbocycles. The largest absolute Gasteiger partial charge is 0.493 e. The van der Waals surface area contributed by atoms with Crippen molar-refractivity contribution in [3.05, 3.63) is 23.3 Å². The molecular weight excluding hydrogens is 236 g/mol.